The second-order valence-corrected chi connectivity index (χ2v) is 15.5. The Morgan fingerprint density at radius 1 is 1.15 bits per heavy atom. The molecular weight excluding hydrogens is 659 g/mol. The van der Waals surface area contributed by atoms with Crippen molar-refractivity contribution >= 4 is 34.7 Å². The number of imide groups is 1. The molecule has 7 rings (SSSR count). The molecule has 2 aromatic rings. The van der Waals surface area contributed by atoms with E-state index in [1.54, 1.807) is 6.07 Å². The first-order valence-corrected chi connectivity index (χ1v) is 18.4. The normalized spacial score (nSPS) is 23.8. The van der Waals surface area contributed by atoms with E-state index in [0.717, 1.165) is 67.5 Å². The van der Waals surface area contributed by atoms with Gasteiger partial charge in [-0.1, -0.05) is 32.1 Å². The van der Waals surface area contributed by atoms with E-state index in [0.29, 0.717) is 22.9 Å². The van der Waals surface area contributed by atoms with Gasteiger partial charge in [0.15, 0.2) is 0 Å². The van der Waals surface area contributed by atoms with Gasteiger partial charge >= 0.3 is 0 Å². The lowest BCUT2D eigenvalue weighted by Gasteiger charge is -2.42. The molecule has 2 heterocycles. The molecule has 2 saturated carbocycles. The van der Waals surface area contributed by atoms with Crippen molar-refractivity contribution in [2.75, 3.05) is 16.8 Å². The number of rotatable bonds is 11. The average Bonchev–Trinajstić information content (AvgIpc) is 3.85. The van der Waals surface area contributed by atoms with Crippen LogP contribution in [-0.4, -0.2) is 41.2 Å². The van der Waals surface area contributed by atoms with Crippen LogP contribution in [0.15, 0.2) is 59.5 Å². The zero-order valence-corrected chi connectivity index (χ0v) is 30.4. The van der Waals surface area contributed by atoms with Crippen molar-refractivity contribution in [1.82, 2.24) is 10.2 Å². The molecule has 0 bridgehead atoms. The minimum atomic E-state index is -0.745. The van der Waals surface area contributed by atoms with Gasteiger partial charge in [0.25, 0.3) is 5.91 Å². The van der Waals surface area contributed by atoms with Crippen LogP contribution in [0, 0.1) is 41.3 Å². The zero-order chi connectivity index (χ0) is 36.9. The van der Waals surface area contributed by atoms with E-state index in [4.69, 9.17) is 10.7 Å². The van der Waals surface area contributed by atoms with E-state index < -0.39 is 23.7 Å². The average molecular weight is 707 g/mol. The van der Waals surface area contributed by atoms with E-state index in [1.165, 1.54) is 22.2 Å². The van der Waals surface area contributed by atoms with Crippen LogP contribution < -0.4 is 21.4 Å². The third-order valence-corrected chi connectivity index (χ3v) is 11.6. The second-order valence-electron chi connectivity index (χ2n) is 15.5. The number of halogens is 1. The number of nitrogens with zero attached hydrogens (tertiary/aromatic N) is 3. The maximum atomic E-state index is 15.4. The molecule has 3 amide bonds. The summed E-state index contributed by atoms with van der Waals surface area (Å²) in [7, 11) is 0. The maximum Gasteiger partial charge on any atom is 0.255 e. The third-order valence-electron chi connectivity index (χ3n) is 11.6. The molecule has 4 N–H and O–H groups in total. The van der Waals surface area contributed by atoms with Gasteiger partial charge < -0.3 is 20.0 Å². The number of amides is 3. The number of allylic oxidation sites excluding steroid dienone is 6. The summed E-state index contributed by atoms with van der Waals surface area (Å²) < 4.78 is 15.4. The highest BCUT2D eigenvalue weighted by Gasteiger charge is 2.47. The van der Waals surface area contributed by atoms with Crippen molar-refractivity contribution < 1.29 is 23.6 Å². The van der Waals surface area contributed by atoms with E-state index in [2.05, 4.69) is 72.7 Å². The molecule has 10 nitrogen and oxygen atoms in total. The number of benzene rings is 2. The van der Waals surface area contributed by atoms with Gasteiger partial charge in [0, 0.05) is 48.1 Å². The number of fused-ring (bicyclic) bond motifs is 1. The number of aryl methyl sites for hydroxylation is 1. The predicted molar refractivity (Wildman–Crippen MR) is 196 cm³/mol. The molecule has 3 aliphatic carbocycles. The van der Waals surface area contributed by atoms with Crippen molar-refractivity contribution in [3.63, 3.8) is 0 Å². The Morgan fingerprint density at radius 3 is 2.56 bits per heavy atom. The fourth-order valence-electron chi connectivity index (χ4n) is 8.50. The largest absolute Gasteiger partial charge is 0.416 e. The minimum absolute atomic E-state index is 0.0622. The Morgan fingerprint density at radius 2 is 1.92 bits per heavy atom. The van der Waals surface area contributed by atoms with E-state index in [-0.39, 0.29) is 48.2 Å². The number of hydrogen-bond donors (Lipinski definition) is 3. The summed E-state index contributed by atoms with van der Waals surface area (Å²) in [4.78, 5) is 46.3. The lowest BCUT2D eigenvalue weighted by molar-refractivity contribution is -0.136. The molecule has 1 saturated heterocycles. The highest BCUT2D eigenvalue weighted by Crippen LogP contribution is 2.54. The number of nitrogens with two attached hydrogens (primary N) is 1. The van der Waals surface area contributed by atoms with Crippen LogP contribution in [0.4, 0.5) is 15.8 Å². The van der Waals surface area contributed by atoms with Gasteiger partial charge in [-0.05, 0) is 117 Å². The predicted octanol–water partition coefficient (Wildman–Crippen LogP) is 6.78. The number of nitriles is 1. The van der Waals surface area contributed by atoms with E-state index >= 15 is 4.39 Å². The van der Waals surface area contributed by atoms with E-state index in [9.17, 15) is 19.6 Å². The number of piperidine rings is 1. The SMILES string of the molecule is C/C(ON)=C(\c1ccc(C)c(N(CC2CC(Nc3cc4c(cc3F)C(=O)N(C3CCC(=O)NC3=O)C4)C2)C2=CC=C(C3(C#N)CC3)CC2)c1)C(C)C. The Labute approximate surface area is 304 Å². The van der Waals surface area contributed by atoms with Crippen LogP contribution in [-0.2, 0) is 21.0 Å². The highest BCUT2D eigenvalue weighted by molar-refractivity contribution is 6.05. The van der Waals surface area contributed by atoms with E-state index in [1.807, 2.05) is 6.92 Å². The molecule has 2 aliphatic heterocycles. The van der Waals surface area contributed by atoms with Crippen molar-refractivity contribution in [3.8, 4) is 6.07 Å². The van der Waals surface area contributed by atoms with Gasteiger partial charge in [0.05, 0.1) is 17.2 Å². The fourth-order valence-corrected chi connectivity index (χ4v) is 8.50. The summed E-state index contributed by atoms with van der Waals surface area (Å²) in [6.45, 7) is 9.27. The smallest absolute Gasteiger partial charge is 0.255 e. The number of carbonyl (C=O) groups is 3. The number of nitrogens with one attached hydrogen (secondary N) is 2. The molecule has 11 heteroatoms. The Balaban J connectivity index is 1.09. The molecule has 1 atom stereocenters. The number of hydrogen-bond acceptors (Lipinski definition) is 8. The molecule has 272 valence electrons. The topological polar surface area (TPSA) is 141 Å². The van der Waals surface area contributed by atoms with Gasteiger partial charge in [0.1, 0.15) is 17.6 Å². The molecule has 52 heavy (non-hydrogen) atoms. The van der Waals surface area contributed by atoms with Crippen molar-refractivity contribution in [3.05, 3.63) is 87.6 Å². The molecule has 0 radical (unpaired) electrons. The lowest BCUT2D eigenvalue weighted by Crippen LogP contribution is -2.52. The quantitative estimate of drug-likeness (QED) is 0.132. The van der Waals surface area contributed by atoms with Gasteiger partial charge in [-0.15, -0.1) is 0 Å². The van der Waals surface area contributed by atoms with Crippen LogP contribution in [0.2, 0.25) is 0 Å². The first kappa shape index (κ1) is 35.5. The van der Waals surface area contributed by atoms with Gasteiger partial charge in [0.2, 0.25) is 11.8 Å². The third kappa shape index (κ3) is 6.60. The van der Waals surface area contributed by atoms with Crippen LogP contribution in [0.3, 0.4) is 0 Å². The molecule has 2 aromatic carbocycles. The summed E-state index contributed by atoms with van der Waals surface area (Å²) in [5.41, 5.74) is 7.84. The second kappa shape index (κ2) is 13.9. The standard InChI is InChI=1S/C41H47FN6O4/c1-23(2)38(25(4)52-44)27-6-5-24(3)36(18-27)47(31-9-7-29(8-10-31)41(22-43)13-14-41)20-26-15-30(16-26)45-34-17-28-21-48(40(51)32(28)19-33(34)42)35-11-12-37(49)46-39(35)50/h5-7,9,17-19,23,26,30,35,45H,8,10-16,20-21,44H2,1-4H3,(H,46,49,50)/b38-25+. The van der Waals surface area contributed by atoms with Crippen molar-refractivity contribution in [1.29, 1.82) is 5.26 Å². The van der Waals surface area contributed by atoms with Crippen LogP contribution in [0.5, 0.6) is 0 Å². The summed E-state index contributed by atoms with van der Waals surface area (Å²) >= 11 is 0. The zero-order valence-electron chi connectivity index (χ0n) is 30.4. The fraction of sp³-hybridized carbons (Fsp3) is 0.463. The van der Waals surface area contributed by atoms with Crippen molar-refractivity contribution in [2.24, 2.45) is 23.1 Å². The Hall–Kier alpha value is -4.95. The minimum Gasteiger partial charge on any atom is -0.416 e. The van der Waals surface area contributed by atoms with Gasteiger partial charge in [-0.2, -0.15) is 11.2 Å². The van der Waals surface area contributed by atoms with Gasteiger partial charge in [-0.3, -0.25) is 19.7 Å². The summed E-state index contributed by atoms with van der Waals surface area (Å²) in [5.74, 6) is 5.14. The molecular formula is C41H47FN6O4. The van der Waals surface area contributed by atoms with Crippen molar-refractivity contribution in [2.45, 2.75) is 97.7 Å². The van der Waals surface area contributed by atoms with Crippen LogP contribution in [0.1, 0.15) is 99.2 Å². The molecule has 0 aromatic heterocycles. The summed E-state index contributed by atoms with van der Waals surface area (Å²) in [5, 5.41) is 15.5. The monoisotopic (exact) mass is 706 g/mol. The Kier molecular flexibility index (Phi) is 9.46. The molecule has 5 aliphatic rings. The van der Waals surface area contributed by atoms with Gasteiger partial charge in [-0.25, -0.2) is 4.39 Å². The maximum absolute atomic E-state index is 15.4. The molecule has 3 fully saturated rings. The first-order valence-electron chi connectivity index (χ1n) is 18.4. The summed E-state index contributed by atoms with van der Waals surface area (Å²) in [6.07, 6.45) is 10.1. The van der Waals surface area contributed by atoms with Crippen LogP contribution >= 0.6 is 0 Å². The summed E-state index contributed by atoms with van der Waals surface area (Å²) in [6, 6.07) is 11.3. The number of carbonyl (C=O) groups excluding carboxylic acids is 3. The Bertz CT molecular complexity index is 1970. The van der Waals surface area contributed by atoms with Crippen LogP contribution in [0.25, 0.3) is 5.57 Å². The first-order chi connectivity index (χ1) is 24.9. The lowest BCUT2D eigenvalue weighted by atomic mass is 9.79. The molecule has 1 unspecified atom stereocenters. The highest BCUT2D eigenvalue weighted by atomic mass is 19.1. The number of anilines is 2. The molecule has 0 spiro atoms.